The first kappa shape index (κ1) is 11.6. The molecule has 0 unspecified atom stereocenters. The summed E-state index contributed by atoms with van der Waals surface area (Å²) >= 11 is 0. The van der Waals surface area contributed by atoms with Gasteiger partial charge in [0, 0.05) is 18.9 Å². The molecule has 0 spiro atoms. The summed E-state index contributed by atoms with van der Waals surface area (Å²) < 4.78 is 6.60. The maximum Gasteiger partial charge on any atom is 0.419 e. The van der Waals surface area contributed by atoms with E-state index in [1.165, 1.54) is 4.57 Å². The number of aromatic nitrogens is 1. The van der Waals surface area contributed by atoms with Crippen molar-refractivity contribution in [2.24, 2.45) is 5.92 Å². The second-order valence-electron chi connectivity index (χ2n) is 4.36. The van der Waals surface area contributed by atoms with Crippen LogP contribution in [0, 0.1) is 5.92 Å². The monoisotopic (exact) mass is 233 g/mol. The number of benzene rings is 1. The van der Waals surface area contributed by atoms with Crippen LogP contribution in [0.5, 0.6) is 0 Å². The van der Waals surface area contributed by atoms with E-state index in [1.807, 2.05) is 32.0 Å². The third-order valence-corrected chi connectivity index (χ3v) is 2.80. The van der Waals surface area contributed by atoms with E-state index in [4.69, 9.17) is 4.42 Å². The predicted molar refractivity (Wildman–Crippen MR) is 64.9 cm³/mol. The number of nitrogens with zero attached hydrogens (tertiary/aromatic N) is 1. The number of carbonyl (C=O) groups is 1. The number of fused-ring (bicyclic) bond motifs is 1. The topological polar surface area (TPSA) is 52.2 Å². The van der Waals surface area contributed by atoms with E-state index in [1.54, 1.807) is 6.07 Å². The lowest BCUT2D eigenvalue weighted by atomic mass is 10.1. The van der Waals surface area contributed by atoms with Gasteiger partial charge in [-0.05, 0) is 12.1 Å². The van der Waals surface area contributed by atoms with E-state index in [-0.39, 0.29) is 11.7 Å². The van der Waals surface area contributed by atoms with Crippen LogP contribution in [-0.2, 0) is 11.3 Å². The molecular formula is C13H15NO3. The minimum absolute atomic E-state index is 0.00358. The van der Waals surface area contributed by atoms with Crippen molar-refractivity contribution in [3.05, 3.63) is 34.8 Å². The third kappa shape index (κ3) is 2.30. The summed E-state index contributed by atoms with van der Waals surface area (Å²) in [5.41, 5.74) is 1.31. The summed E-state index contributed by atoms with van der Waals surface area (Å²) in [6.07, 6.45) is 0.362. The normalized spacial score (nSPS) is 11.2. The summed E-state index contributed by atoms with van der Waals surface area (Å²) in [4.78, 5) is 23.1. The van der Waals surface area contributed by atoms with Gasteiger partial charge in [-0.2, -0.15) is 0 Å². The van der Waals surface area contributed by atoms with Crippen molar-refractivity contribution in [2.45, 2.75) is 26.8 Å². The van der Waals surface area contributed by atoms with Crippen LogP contribution in [0.1, 0.15) is 20.3 Å². The molecule has 0 aliphatic heterocycles. The van der Waals surface area contributed by atoms with Gasteiger partial charge in [0.05, 0.1) is 5.52 Å². The zero-order valence-corrected chi connectivity index (χ0v) is 9.97. The van der Waals surface area contributed by atoms with Crippen LogP contribution in [0.3, 0.4) is 0 Å². The Bertz CT molecular complexity index is 592. The number of oxazole rings is 1. The predicted octanol–water partition coefficient (Wildman–Crippen LogP) is 2.21. The first-order valence-electron chi connectivity index (χ1n) is 5.70. The second-order valence-corrected chi connectivity index (χ2v) is 4.36. The first-order chi connectivity index (χ1) is 8.09. The average molecular weight is 233 g/mol. The van der Waals surface area contributed by atoms with Crippen LogP contribution in [0.25, 0.3) is 11.1 Å². The molecule has 0 saturated heterocycles. The highest BCUT2D eigenvalue weighted by atomic mass is 16.4. The Balaban J connectivity index is 2.27. The smallest absolute Gasteiger partial charge is 0.408 e. The van der Waals surface area contributed by atoms with E-state index in [0.717, 1.165) is 5.52 Å². The van der Waals surface area contributed by atoms with E-state index >= 15 is 0 Å². The number of Topliss-reactive ketones (excluding diaryl/α,β-unsaturated/α-hetero) is 1. The Hall–Kier alpha value is -1.84. The average Bonchev–Trinajstić information content (AvgIpc) is 2.61. The van der Waals surface area contributed by atoms with Crippen molar-refractivity contribution >= 4 is 16.9 Å². The molecule has 0 radical (unpaired) electrons. The largest absolute Gasteiger partial charge is 0.419 e. The molecule has 2 rings (SSSR count). The number of carbonyl (C=O) groups excluding carboxylic acids is 1. The van der Waals surface area contributed by atoms with E-state index in [0.29, 0.717) is 18.5 Å². The number of aryl methyl sites for hydroxylation is 1. The summed E-state index contributed by atoms with van der Waals surface area (Å²) in [7, 11) is 0. The van der Waals surface area contributed by atoms with E-state index in [9.17, 15) is 9.59 Å². The Labute approximate surface area is 98.8 Å². The van der Waals surface area contributed by atoms with Gasteiger partial charge in [0.25, 0.3) is 0 Å². The van der Waals surface area contributed by atoms with Crippen LogP contribution < -0.4 is 5.76 Å². The van der Waals surface area contributed by atoms with Crippen molar-refractivity contribution in [3.63, 3.8) is 0 Å². The van der Waals surface area contributed by atoms with Gasteiger partial charge in [-0.15, -0.1) is 0 Å². The highest BCUT2D eigenvalue weighted by molar-refractivity contribution is 5.80. The third-order valence-electron chi connectivity index (χ3n) is 2.80. The number of hydrogen-bond donors (Lipinski definition) is 0. The molecule has 1 heterocycles. The van der Waals surface area contributed by atoms with Crippen LogP contribution in [0.4, 0.5) is 0 Å². The van der Waals surface area contributed by atoms with E-state index in [2.05, 4.69) is 0 Å². The Morgan fingerprint density at radius 1 is 1.35 bits per heavy atom. The van der Waals surface area contributed by atoms with Crippen LogP contribution >= 0.6 is 0 Å². The summed E-state index contributed by atoms with van der Waals surface area (Å²) in [6.45, 7) is 4.10. The van der Waals surface area contributed by atoms with Crippen LogP contribution in [-0.4, -0.2) is 10.4 Å². The Kier molecular flexibility index (Phi) is 3.13. The maximum absolute atomic E-state index is 11.6. The van der Waals surface area contributed by atoms with Crippen molar-refractivity contribution in [2.75, 3.05) is 0 Å². The molecule has 17 heavy (non-hydrogen) atoms. The molecule has 90 valence electrons. The minimum atomic E-state index is -0.400. The molecule has 0 aliphatic rings. The molecule has 0 amide bonds. The molecule has 0 atom stereocenters. The fourth-order valence-electron chi connectivity index (χ4n) is 1.74. The lowest BCUT2D eigenvalue weighted by Crippen LogP contribution is -2.18. The van der Waals surface area contributed by atoms with Crippen molar-refractivity contribution in [1.29, 1.82) is 0 Å². The quantitative estimate of drug-likeness (QED) is 0.813. The first-order valence-corrected chi connectivity index (χ1v) is 5.70. The van der Waals surface area contributed by atoms with Gasteiger partial charge in [0.1, 0.15) is 5.78 Å². The van der Waals surface area contributed by atoms with Crippen LogP contribution in [0.15, 0.2) is 33.5 Å². The number of ketones is 1. The highest BCUT2D eigenvalue weighted by Crippen LogP contribution is 2.12. The summed E-state index contributed by atoms with van der Waals surface area (Å²) in [6, 6.07) is 7.23. The van der Waals surface area contributed by atoms with Crippen LogP contribution in [0.2, 0.25) is 0 Å². The molecular weight excluding hydrogens is 218 g/mol. The van der Waals surface area contributed by atoms with Gasteiger partial charge in [-0.3, -0.25) is 9.36 Å². The van der Waals surface area contributed by atoms with Gasteiger partial charge in [-0.1, -0.05) is 26.0 Å². The lowest BCUT2D eigenvalue weighted by Gasteiger charge is -2.04. The molecule has 0 N–H and O–H groups in total. The standard InChI is InChI=1S/C13H15NO3/c1-9(2)11(15)7-8-14-10-5-3-4-6-12(10)17-13(14)16/h3-6,9H,7-8H2,1-2H3. The summed E-state index contributed by atoms with van der Waals surface area (Å²) in [5, 5.41) is 0. The highest BCUT2D eigenvalue weighted by Gasteiger charge is 2.11. The second kappa shape index (κ2) is 4.57. The van der Waals surface area contributed by atoms with Gasteiger partial charge < -0.3 is 4.42 Å². The molecule has 0 aliphatic carbocycles. The van der Waals surface area contributed by atoms with Crippen molar-refractivity contribution < 1.29 is 9.21 Å². The molecule has 2 aromatic rings. The molecule has 1 aromatic carbocycles. The number of hydrogen-bond acceptors (Lipinski definition) is 3. The molecule has 1 aromatic heterocycles. The van der Waals surface area contributed by atoms with Gasteiger partial charge >= 0.3 is 5.76 Å². The number of para-hydroxylation sites is 2. The lowest BCUT2D eigenvalue weighted by molar-refractivity contribution is -0.122. The molecule has 0 fully saturated rings. The fraction of sp³-hybridized carbons (Fsp3) is 0.385. The molecule has 0 saturated carbocycles. The molecule has 0 bridgehead atoms. The SMILES string of the molecule is CC(C)C(=O)CCn1c(=O)oc2ccccc21. The zero-order chi connectivity index (χ0) is 12.4. The maximum atomic E-state index is 11.6. The Morgan fingerprint density at radius 2 is 2.06 bits per heavy atom. The molecule has 4 nitrogen and oxygen atoms in total. The van der Waals surface area contributed by atoms with Gasteiger partial charge in [0.2, 0.25) is 0 Å². The van der Waals surface area contributed by atoms with E-state index < -0.39 is 5.76 Å². The van der Waals surface area contributed by atoms with Gasteiger partial charge in [0.15, 0.2) is 5.58 Å². The summed E-state index contributed by atoms with van der Waals surface area (Å²) in [5.74, 6) is -0.242. The fourth-order valence-corrected chi connectivity index (χ4v) is 1.74. The minimum Gasteiger partial charge on any atom is -0.408 e. The van der Waals surface area contributed by atoms with Gasteiger partial charge in [-0.25, -0.2) is 4.79 Å². The Morgan fingerprint density at radius 3 is 2.76 bits per heavy atom. The number of rotatable bonds is 4. The zero-order valence-electron chi connectivity index (χ0n) is 9.97. The van der Waals surface area contributed by atoms with Crippen molar-refractivity contribution in [3.8, 4) is 0 Å². The van der Waals surface area contributed by atoms with Crippen molar-refractivity contribution in [1.82, 2.24) is 4.57 Å². The molecule has 4 heteroatoms.